The number of benzene rings is 1. The first-order valence-corrected chi connectivity index (χ1v) is 11.7. The predicted molar refractivity (Wildman–Crippen MR) is 132 cm³/mol. The number of halogens is 1. The number of carbonyl (C=O) groups is 2. The summed E-state index contributed by atoms with van der Waals surface area (Å²) >= 11 is 7.65. The van der Waals surface area contributed by atoms with E-state index in [0.29, 0.717) is 33.9 Å². The summed E-state index contributed by atoms with van der Waals surface area (Å²) in [5, 5.41) is 13.4. The van der Waals surface area contributed by atoms with Gasteiger partial charge in [0.2, 0.25) is 0 Å². The van der Waals surface area contributed by atoms with Gasteiger partial charge in [0.1, 0.15) is 17.2 Å². The Balaban J connectivity index is 1.59. The van der Waals surface area contributed by atoms with Crippen LogP contribution in [0.25, 0.3) is 11.4 Å². The Kier molecular flexibility index (Phi) is 5.80. The molecule has 2 aliphatic heterocycles. The van der Waals surface area contributed by atoms with Crippen molar-refractivity contribution >= 4 is 63.9 Å². The Bertz CT molecular complexity index is 1470. The van der Waals surface area contributed by atoms with Gasteiger partial charge in [0.05, 0.1) is 27.3 Å². The first-order valence-electron chi connectivity index (χ1n) is 10.5. The summed E-state index contributed by atoms with van der Waals surface area (Å²) < 4.78 is 6.61. The minimum Gasteiger partial charge on any atom is -0.486 e. The second-order valence-corrected chi connectivity index (χ2v) is 9.19. The maximum absolute atomic E-state index is 13.2. The summed E-state index contributed by atoms with van der Waals surface area (Å²) in [6.45, 7) is 2.22. The number of carboxylic acids is 1. The number of anilines is 2. The first kappa shape index (κ1) is 22.1. The molecule has 1 aromatic carbocycles. The van der Waals surface area contributed by atoms with E-state index in [1.165, 1.54) is 4.90 Å². The van der Waals surface area contributed by atoms with E-state index in [2.05, 4.69) is 15.3 Å². The number of urea groups is 1. The number of nitrogens with zero attached hydrogens (tertiary/aromatic N) is 3. The molecule has 8 nitrogen and oxygen atoms in total. The number of carbonyl (C=O) groups excluding carboxylic acids is 1. The molecule has 0 fully saturated rings. The minimum absolute atomic E-state index is 0.0863. The molecule has 10 heteroatoms. The Hall–Kier alpha value is -3.69. The van der Waals surface area contributed by atoms with Gasteiger partial charge >= 0.3 is 12.0 Å². The number of thiophene rings is 1. The van der Waals surface area contributed by atoms with E-state index >= 15 is 0 Å². The molecule has 3 aromatic rings. The third-order valence-electron chi connectivity index (χ3n) is 5.50. The summed E-state index contributed by atoms with van der Waals surface area (Å²) in [6.07, 6.45) is 4.87. The number of hydrogen-bond acceptors (Lipinski definition) is 6. The van der Waals surface area contributed by atoms with Gasteiger partial charge in [-0.05, 0) is 50.1 Å². The van der Waals surface area contributed by atoms with Crippen molar-refractivity contribution < 1.29 is 19.4 Å². The fraction of sp³-hybridized carbons (Fsp3) is 0.167. The number of aromatic nitrogens is 1. The second kappa shape index (κ2) is 8.92. The zero-order chi connectivity index (χ0) is 23.8. The van der Waals surface area contributed by atoms with Crippen LogP contribution in [0.1, 0.15) is 35.1 Å². The molecule has 5 rings (SSSR count). The largest absolute Gasteiger partial charge is 0.486 e. The summed E-state index contributed by atoms with van der Waals surface area (Å²) in [7, 11) is 0. The Morgan fingerprint density at radius 2 is 2.18 bits per heavy atom. The van der Waals surface area contributed by atoms with E-state index in [4.69, 9.17) is 16.3 Å². The van der Waals surface area contributed by atoms with Crippen LogP contribution in [0, 0.1) is 0 Å². The van der Waals surface area contributed by atoms with Crippen molar-refractivity contribution in [2.75, 3.05) is 10.2 Å². The maximum Gasteiger partial charge on any atom is 0.348 e. The number of pyridine rings is 1. The highest BCUT2D eigenvalue weighted by molar-refractivity contribution is 7.12. The summed E-state index contributed by atoms with van der Waals surface area (Å²) in [5.41, 5.74) is 2.57. The Morgan fingerprint density at radius 3 is 2.91 bits per heavy atom. The van der Waals surface area contributed by atoms with Crippen molar-refractivity contribution in [3.63, 3.8) is 0 Å². The molecule has 0 spiro atoms. The van der Waals surface area contributed by atoms with Gasteiger partial charge in [-0.25, -0.2) is 19.5 Å². The van der Waals surface area contributed by atoms with Gasteiger partial charge in [-0.15, -0.1) is 11.3 Å². The van der Waals surface area contributed by atoms with Crippen molar-refractivity contribution in [3.8, 4) is 5.75 Å². The Labute approximate surface area is 203 Å². The molecule has 0 unspecified atom stereocenters. The van der Waals surface area contributed by atoms with Crippen LogP contribution < -0.4 is 24.7 Å². The average Bonchev–Trinajstić information content (AvgIpc) is 3.19. The molecule has 34 heavy (non-hydrogen) atoms. The number of hydrogen-bond donors (Lipinski definition) is 2. The molecule has 2 N–H and O–H groups in total. The van der Waals surface area contributed by atoms with Gasteiger partial charge in [-0.2, -0.15) is 0 Å². The molecule has 0 saturated carbocycles. The number of amides is 2. The standard InChI is InChI=1S/C24H19ClN4O4S/c1-13-5-4-10-27-22-18-19(21(23(30)31)34-20(13)18)28-24(32)29(22)15-7-8-17(16(25)11-15)33-12-14-6-2-3-9-26-14/h2-3,6-11H,4-5,12H2,1H3,(H,28,32)(H,30,31)/b20-13-,27-10-. The first-order chi connectivity index (χ1) is 16.4. The van der Waals surface area contributed by atoms with Crippen LogP contribution in [0.3, 0.4) is 0 Å². The topological polar surface area (TPSA) is 104 Å². The van der Waals surface area contributed by atoms with Crippen LogP contribution in [0.5, 0.6) is 5.75 Å². The highest BCUT2D eigenvalue weighted by Gasteiger charge is 2.32. The van der Waals surface area contributed by atoms with Gasteiger partial charge in [-0.3, -0.25) is 4.98 Å². The molecule has 0 aliphatic carbocycles. The van der Waals surface area contributed by atoms with Crippen molar-refractivity contribution in [1.29, 1.82) is 0 Å². The summed E-state index contributed by atoms with van der Waals surface area (Å²) in [5.74, 6) is -0.266. The highest BCUT2D eigenvalue weighted by Crippen LogP contribution is 2.34. The molecule has 172 valence electrons. The van der Waals surface area contributed by atoms with Crippen molar-refractivity contribution in [1.82, 2.24) is 4.98 Å². The van der Waals surface area contributed by atoms with Crippen LogP contribution in [0.2, 0.25) is 5.02 Å². The average molecular weight is 495 g/mol. The van der Waals surface area contributed by atoms with Crippen molar-refractivity contribution in [2.24, 2.45) is 4.99 Å². The predicted octanol–water partition coefficient (Wildman–Crippen LogP) is 4.23. The van der Waals surface area contributed by atoms with E-state index in [-0.39, 0.29) is 17.2 Å². The van der Waals surface area contributed by atoms with E-state index in [9.17, 15) is 14.7 Å². The summed E-state index contributed by atoms with van der Waals surface area (Å²) in [4.78, 5) is 35.3. The maximum atomic E-state index is 13.2. The van der Waals surface area contributed by atoms with Gasteiger partial charge in [0.15, 0.2) is 5.82 Å². The lowest BCUT2D eigenvalue weighted by molar-refractivity contribution is 0.0703. The molecule has 0 radical (unpaired) electrons. The second-order valence-electron chi connectivity index (χ2n) is 7.76. The lowest BCUT2D eigenvalue weighted by Gasteiger charge is -2.28. The molecular weight excluding hydrogens is 476 g/mol. The van der Waals surface area contributed by atoms with Gasteiger partial charge in [0.25, 0.3) is 0 Å². The zero-order valence-electron chi connectivity index (χ0n) is 18.0. The van der Waals surface area contributed by atoms with Crippen LogP contribution in [0.4, 0.5) is 16.2 Å². The molecule has 2 aliphatic rings. The van der Waals surface area contributed by atoms with E-state index in [1.54, 1.807) is 30.6 Å². The van der Waals surface area contributed by atoms with Gasteiger partial charge in [-0.1, -0.05) is 23.2 Å². The number of nitrogens with one attached hydrogen (secondary N) is 1. The van der Waals surface area contributed by atoms with Crippen molar-refractivity contribution in [3.05, 3.63) is 67.9 Å². The van der Waals surface area contributed by atoms with Crippen LogP contribution in [-0.2, 0) is 6.61 Å². The van der Waals surface area contributed by atoms with E-state index in [0.717, 1.165) is 33.6 Å². The lowest BCUT2D eigenvalue weighted by Crippen LogP contribution is -2.45. The molecule has 0 saturated heterocycles. The summed E-state index contributed by atoms with van der Waals surface area (Å²) in [6, 6.07) is 10.1. The van der Waals surface area contributed by atoms with Gasteiger partial charge < -0.3 is 15.2 Å². The number of aromatic carboxylic acids is 1. The number of carboxylic acid groups (broad SMARTS) is 1. The molecular formula is C24H19ClN4O4S. The molecule has 2 amide bonds. The van der Waals surface area contributed by atoms with Crippen molar-refractivity contribution in [2.45, 2.75) is 26.4 Å². The SMILES string of the molecule is C/C1=c2/sc(C(=O)O)c3c2=C(/N=C\CC1)N(c1ccc(OCc2ccccn2)c(Cl)c1)C(=O)N3. The van der Waals surface area contributed by atoms with Crippen LogP contribution in [0.15, 0.2) is 47.6 Å². The number of aliphatic imine (C=N–C) groups is 1. The lowest BCUT2D eigenvalue weighted by atomic mass is 10.1. The zero-order valence-corrected chi connectivity index (χ0v) is 19.6. The molecule has 0 bridgehead atoms. The highest BCUT2D eigenvalue weighted by atomic mass is 35.5. The van der Waals surface area contributed by atoms with Crippen LogP contribution in [-0.4, -0.2) is 28.3 Å². The number of ether oxygens (including phenoxy) is 1. The van der Waals surface area contributed by atoms with E-state index in [1.807, 2.05) is 25.1 Å². The number of rotatable bonds is 5. The monoisotopic (exact) mass is 494 g/mol. The fourth-order valence-electron chi connectivity index (χ4n) is 3.87. The normalized spacial score (nSPS) is 17.4. The molecule has 0 atom stereocenters. The van der Waals surface area contributed by atoms with E-state index < -0.39 is 12.0 Å². The fourth-order valence-corrected chi connectivity index (χ4v) is 5.22. The minimum atomic E-state index is -1.09. The smallest absolute Gasteiger partial charge is 0.348 e. The molecule has 4 heterocycles. The third kappa shape index (κ3) is 3.93. The third-order valence-corrected chi connectivity index (χ3v) is 7.13. The van der Waals surface area contributed by atoms with Crippen LogP contribution >= 0.6 is 22.9 Å². The molecule has 2 aromatic heterocycles. The quantitative estimate of drug-likeness (QED) is 0.552. The van der Waals surface area contributed by atoms with Gasteiger partial charge in [0, 0.05) is 16.9 Å². The Morgan fingerprint density at radius 1 is 1.32 bits per heavy atom.